The summed E-state index contributed by atoms with van der Waals surface area (Å²) < 4.78 is 0. The maximum Gasteiger partial charge on any atom is 0.311 e. The van der Waals surface area contributed by atoms with Crippen LogP contribution in [0.4, 0.5) is 0 Å². The van der Waals surface area contributed by atoms with Gasteiger partial charge in [-0.3, -0.25) is 0 Å². The van der Waals surface area contributed by atoms with Gasteiger partial charge in [-0.1, -0.05) is 5.11 Å². The number of hydrogen-bond donors (Lipinski definition) is 4. The van der Waals surface area contributed by atoms with E-state index >= 15 is 0 Å². The van der Waals surface area contributed by atoms with Gasteiger partial charge >= 0.3 is 5.97 Å². The van der Waals surface area contributed by atoms with Gasteiger partial charge in [0.2, 0.25) is 5.72 Å². The molecule has 58 valence electrons. The van der Waals surface area contributed by atoms with Crippen molar-refractivity contribution in [3.63, 3.8) is 0 Å². The molecule has 4 N–H and O–H groups in total. The molecule has 0 aliphatic heterocycles. The molecule has 0 aromatic heterocycles. The van der Waals surface area contributed by atoms with Crippen molar-refractivity contribution in [3.8, 4) is 0 Å². The highest BCUT2D eigenvalue weighted by Crippen LogP contribution is 2.17. The van der Waals surface area contributed by atoms with Crippen molar-refractivity contribution in [3.05, 3.63) is 10.4 Å². The Morgan fingerprint density at radius 1 is 1.30 bits per heavy atom. The highest BCUT2D eigenvalue weighted by Gasteiger charge is 2.42. The molecule has 0 heterocycles. The van der Waals surface area contributed by atoms with Crippen LogP contribution in [0, 0.1) is 0 Å². The van der Waals surface area contributed by atoms with Crippen molar-refractivity contribution in [2.75, 3.05) is 0 Å². The zero-order chi connectivity index (χ0) is 8.41. The lowest BCUT2D eigenvalue weighted by molar-refractivity contribution is -0.385. The van der Waals surface area contributed by atoms with Crippen molar-refractivity contribution in [1.82, 2.24) is 0 Å². The fourth-order valence-corrected chi connectivity index (χ4v) is 0.154. The summed E-state index contributed by atoms with van der Waals surface area (Å²) in [4.78, 5) is 2.07. The van der Waals surface area contributed by atoms with Gasteiger partial charge in [-0.2, -0.15) is 0 Å². The molecule has 7 nitrogen and oxygen atoms in total. The Kier molecular flexibility index (Phi) is 2.20. The van der Waals surface area contributed by atoms with E-state index in [2.05, 4.69) is 10.0 Å². The molecule has 0 aromatic carbocycles. The lowest BCUT2D eigenvalue weighted by atomic mass is 10.2. The van der Waals surface area contributed by atoms with Gasteiger partial charge in [0, 0.05) is 4.91 Å². The second-order valence-corrected chi connectivity index (χ2v) is 1.85. The maximum absolute atomic E-state index is 8.68. The van der Waals surface area contributed by atoms with Crippen molar-refractivity contribution in [2.24, 2.45) is 5.11 Å². The highest BCUT2D eigenvalue weighted by molar-refractivity contribution is 4.76. The molecule has 0 saturated heterocycles. The van der Waals surface area contributed by atoms with Gasteiger partial charge in [0.1, 0.15) is 0 Å². The lowest BCUT2D eigenvalue weighted by Crippen LogP contribution is -2.50. The Balaban J connectivity index is 4.56. The van der Waals surface area contributed by atoms with E-state index in [1.807, 2.05) is 0 Å². The second-order valence-electron chi connectivity index (χ2n) is 1.85. The predicted molar refractivity (Wildman–Crippen MR) is 29.2 cm³/mol. The third kappa shape index (κ3) is 1.83. The van der Waals surface area contributed by atoms with Crippen LogP contribution in [0.5, 0.6) is 0 Å². The minimum absolute atomic E-state index is 0.743. The summed E-state index contributed by atoms with van der Waals surface area (Å²) >= 11 is 0. The van der Waals surface area contributed by atoms with Gasteiger partial charge in [0.25, 0.3) is 0 Å². The summed E-state index contributed by atoms with van der Waals surface area (Å²) in [5.41, 5.74) is 5.09. The first-order valence-electron chi connectivity index (χ1n) is 2.27. The molecule has 10 heavy (non-hydrogen) atoms. The smallest absolute Gasteiger partial charge is 0.311 e. The molecule has 1 unspecified atom stereocenters. The van der Waals surface area contributed by atoms with Crippen LogP contribution in [0.15, 0.2) is 5.11 Å². The Hall–Kier alpha value is -0.850. The van der Waals surface area contributed by atoms with Crippen LogP contribution in [-0.4, -0.2) is 32.1 Å². The summed E-state index contributed by atoms with van der Waals surface area (Å²) in [5, 5.41) is 36.0. The van der Waals surface area contributed by atoms with Crippen molar-refractivity contribution >= 4 is 0 Å². The van der Waals surface area contributed by atoms with E-state index in [9.17, 15) is 0 Å². The molecular formula is C3H7N3O4. The van der Waals surface area contributed by atoms with Crippen LogP contribution in [0.2, 0.25) is 0 Å². The average molecular weight is 149 g/mol. The largest absolute Gasteiger partial charge is 0.377 e. The van der Waals surface area contributed by atoms with Gasteiger partial charge in [0.05, 0.1) is 0 Å². The summed E-state index contributed by atoms with van der Waals surface area (Å²) in [6.45, 7) is 0.743. The van der Waals surface area contributed by atoms with Gasteiger partial charge in [-0.05, 0) is 12.5 Å². The van der Waals surface area contributed by atoms with Crippen molar-refractivity contribution in [1.29, 1.82) is 0 Å². The molecule has 0 spiro atoms. The van der Waals surface area contributed by atoms with Crippen molar-refractivity contribution < 1.29 is 20.4 Å². The monoisotopic (exact) mass is 149 g/mol. The second kappa shape index (κ2) is 2.41. The number of hydrogen-bond acceptors (Lipinski definition) is 5. The van der Waals surface area contributed by atoms with Gasteiger partial charge in [-0.25, -0.2) is 0 Å². The van der Waals surface area contributed by atoms with E-state index in [1.54, 1.807) is 0 Å². The normalized spacial score (nSPS) is 17.3. The van der Waals surface area contributed by atoms with E-state index in [0.717, 1.165) is 6.92 Å². The number of aliphatic hydroxyl groups is 4. The summed E-state index contributed by atoms with van der Waals surface area (Å²) in [7, 11) is 0. The first kappa shape index (κ1) is 9.15. The third-order valence-electron chi connectivity index (χ3n) is 0.875. The Morgan fingerprint density at radius 2 is 1.70 bits per heavy atom. The van der Waals surface area contributed by atoms with Crippen LogP contribution in [0.25, 0.3) is 10.4 Å². The zero-order valence-electron chi connectivity index (χ0n) is 5.13. The lowest BCUT2D eigenvalue weighted by Gasteiger charge is -2.26. The highest BCUT2D eigenvalue weighted by atomic mass is 16.7. The topological polar surface area (TPSA) is 130 Å². The van der Waals surface area contributed by atoms with Gasteiger partial charge in [0.15, 0.2) is 0 Å². The standard InChI is InChI=1S/C3H7N3O4/c1-2(7,5-6-4)3(8,9)10/h7-10H,1H3. The molecule has 0 aliphatic carbocycles. The molecule has 0 bridgehead atoms. The van der Waals surface area contributed by atoms with Crippen LogP contribution in [0.3, 0.4) is 0 Å². The molecule has 7 heteroatoms. The van der Waals surface area contributed by atoms with E-state index in [4.69, 9.17) is 26.0 Å². The van der Waals surface area contributed by atoms with Crippen molar-refractivity contribution in [2.45, 2.75) is 18.6 Å². The Bertz CT molecular complexity index is 165. The van der Waals surface area contributed by atoms with E-state index in [-0.39, 0.29) is 0 Å². The van der Waals surface area contributed by atoms with E-state index in [0.29, 0.717) is 0 Å². The maximum atomic E-state index is 8.68. The minimum Gasteiger partial charge on any atom is -0.377 e. The summed E-state index contributed by atoms with van der Waals surface area (Å²) in [5.74, 6) is -3.42. The molecule has 0 aliphatic rings. The Labute approximate surface area is 55.8 Å². The summed E-state index contributed by atoms with van der Waals surface area (Å²) in [6.07, 6.45) is 0. The molecule has 0 rings (SSSR count). The van der Waals surface area contributed by atoms with E-state index in [1.165, 1.54) is 0 Å². The van der Waals surface area contributed by atoms with Crippen LogP contribution in [0.1, 0.15) is 6.92 Å². The number of azide groups is 1. The molecular weight excluding hydrogens is 142 g/mol. The molecule has 0 amide bonds. The van der Waals surface area contributed by atoms with Crippen LogP contribution >= 0.6 is 0 Å². The van der Waals surface area contributed by atoms with Gasteiger partial charge in [-0.15, -0.1) is 0 Å². The molecule has 0 saturated carbocycles. The fraction of sp³-hybridized carbons (Fsp3) is 1.00. The molecule has 1 atom stereocenters. The third-order valence-corrected chi connectivity index (χ3v) is 0.875. The SMILES string of the molecule is CC(O)(N=[N+]=[N-])C(O)(O)O. The summed E-state index contributed by atoms with van der Waals surface area (Å²) in [6, 6.07) is 0. The molecule has 0 radical (unpaired) electrons. The first-order valence-corrected chi connectivity index (χ1v) is 2.27. The number of rotatable bonds is 2. The first-order chi connectivity index (χ1) is 4.31. The minimum atomic E-state index is -3.42. The van der Waals surface area contributed by atoms with Crippen LogP contribution < -0.4 is 0 Å². The average Bonchev–Trinajstić information content (AvgIpc) is 1.61. The predicted octanol–water partition coefficient (Wildman–Crippen LogP) is -1.36. The zero-order valence-corrected chi connectivity index (χ0v) is 5.13. The fourth-order valence-electron chi connectivity index (χ4n) is 0.154. The van der Waals surface area contributed by atoms with E-state index < -0.39 is 11.7 Å². The van der Waals surface area contributed by atoms with Gasteiger partial charge < -0.3 is 20.4 Å². The molecule has 0 aromatic rings. The van der Waals surface area contributed by atoms with Crippen LogP contribution in [-0.2, 0) is 0 Å². The number of nitrogens with zero attached hydrogens (tertiary/aromatic N) is 3. The Morgan fingerprint density at radius 3 is 1.80 bits per heavy atom. The molecule has 0 fully saturated rings. The quantitative estimate of drug-likeness (QED) is 0.167.